The summed E-state index contributed by atoms with van der Waals surface area (Å²) in [6.07, 6.45) is 9.47. The predicted octanol–water partition coefficient (Wildman–Crippen LogP) is 4.41. The molecule has 1 heterocycles. The van der Waals surface area contributed by atoms with E-state index in [-0.39, 0.29) is 24.2 Å². The molecule has 1 amide bonds. The summed E-state index contributed by atoms with van der Waals surface area (Å²) in [5.41, 5.74) is 7.51. The van der Waals surface area contributed by atoms with Crippen molar-refractivity contribution in [1.29, 1.82) is 0 Å². The Bertz CT molecular complexity index is 780. The lowest BCUT2D eigenvalue weighted by Crippen LogP contribution is -2.34. The molecule has 0 unspecified atom stereocenters. The Balaban J connectivity index is 0.00000210. The van der Waals surface area contributed by atoms with Gasteiger partial charge in [-0.1, -0.05) is 43.3 Å². The van der Waals surface area contributed by atoms with Crippen LogP contribution in [-0.2, 0) is 10.3 Å². The number of nitrogens with one attached hydrogen (secondary N) is 1. The van der Waals surface area contributed by atoms with Crippen LogP contribution in [0.15, 0.2) is 28.8 Å². The molecule has 0 atom stereocenters. The van der Waals surface area contributed by atoms with Crippen molar-refractivity contribution >= 4 is 24.0 Å². The highest BCUT2D eigenvalue weighted by Crippen LogP contribution is 2.35. The van der Waals surface area contributed by atoms with Crippen molar-refractivity contribution in [2.75, 3.05) is 5.32 Å². The van der Waals surface area contributed by atoms with E-state index in [1.54, 1.807) is 0 Å². The van der Waals surface area contributed by atoms with Crippen molar-refractivity contribution in [3.8, 4) is 11.5 Å². The maximum absolute atomic E-state index is 12.5. The van der Waals surface area contributed by atoms with Crippen LogP contribution in [0.1, 0.15) is 63.6 Å². The van der Waals surface area contributed by atoms with Gasteiger partial charge in [-0.3, -0.25) is 4.79 Å². The van der Waals surface area contributed by atoms with Crippen LogP contribution in [0.2, 0.25) is 0 Å². The molecule has 2 saturated carbocycles. The first kappa shape index (κ1) is 19.8. The standard InChI is InChI=1S/C20H26N4O2.ClH/c21-20(11-4-5-12-20)19-23-18(26-24-19)15-9-6-10-16(13-15)22-17(25)14-7-2-1-3-8-14;/h6,9-10,13-14H,1-5,7-8,11-12,21H2,(H,22,25);1H. The molecule has 0 bridgehead atoms. The summed E-state index contributed by atoms with van der Waals surface area (Å²) in [5, 5.41) is 7.15. The van der Waals surface area contributed by atoms with Gasteiger partial charge in [-0.2, -0.15) is 4.98 Å². The maximum Gasteiger partial charge on any atom is 0.258 e. The number of carbonyl (C=O) groups excluding carboxylic acids is 1. The first-order valence-electron chi connectivity index (χ1n) is 9.68. The second kappa shape index (κ2) is 8.40. The van der Waals surface area contributed by atoms with E-state index in [9.17, 15) is 4.79 Å². The number of anilines is 1. The van der Waals surface area contributed by atoms with Gasteiger partial charge in [0.05, 0.1) is 5.54 Å². The summed E-state index contributed by atoms with van der Waals surface area (Å²) < 4.78 is 5.45. The quantitative estimate of drug-likeness (QED) is 0.806. The minimum Gasteiger partial charge on any atom is -0.334 e. The van der Waals surface area contributed by atoms with Crippen molar-refractivity contribution in [3.05, 3.63) is 30.1 Å². The largest absolute Gasteiger partial charge is 0.334 e. The molecule has 0 saturated heterocycles. The van der Waals surface area contributed by atoms with Crippen molar-refractivity contribution in [3.63, 3.8) is 0 Å². The number of nitrogens with two attached hydrogens (primary N) is 1. The lowest BCUT2D eigenvalue weighted by molar-refractivity contribution is -0.120. The minimum atomic E-state index is -0.464. The monoisotopic (exact) mass is 390 g/mol. The first-order valence-corrected chi connectivity index (χ1v) is 9.68. The number of halogens is 1. The SMILES string of the molecule is Cl.NC1(c2noc(-c3cccc(NC(=O)C4CCCCC4)c3)n2)CCCC1. The van der Waals surface area contributed by atoms with Gasteiger partial charge in [0, 0.05) is 17.2 Å². The summed E-state index contributed by atoms with van der Waals surface area (Å²) in [5.74, 6) is 1.27. The molecule has 0 aliphatic heterocycles. The third kappa shape index (κ3) is 4.33. The van der Waals surface area contributed by atoms with Crippen molar-refractivity contribution in [2.24, 2.45) is 11.7 Å². The summed E-state index contributed by atoms with van der Waals surface area (Å²) in [7, 11) is 0. The van der Waals surface area contributed by atoms with Gasteiger partial charge >= 0.3 is 0 Å². The summed E-state index contributed by atoms with van der Waals surface area (Å²) >= 11 is 0. The fourth-order valence-corrected chi connectivity index (χ4v) is 4.11. The van der Waals surface area contributed by atoms with Gasteiger partial charge in [0.1, 0.15) is 0 Å². The molecular formula is C20H27ClN4O2. The van der Waals surface area contributed by atoms with Gasteiger partial charge < -0.3 is 15.6 Å². The van der Waals surface area contributed by atoms with Crippen LogP contribution in [0.3, 0.4) is 0 Å². The van der Waals surface area contributed by atoms with Gasteiger partial charge in [-0.15, -0.1) is 12.4 Å². The van der Waals surface area contributed by atoms with E-state index in [1.807, 2.05) is 24.3 Å². The van der Waals surface area contributed by atoms with Crippen LogP contribution >= 0.6 is 12.4 Å². The summed E-state index contributed by atoms with van der Waals surface area (Å²) in [6.45, 7) is 0. The Morgan fingerprint density at radius 1 is 1.15 bits per heavy atom. The van der Waals surface area contributed by atoms with Crippen molar-refractivity contribution < 1.29 is 9.32 Å². The summed E-state index contributed by atoms with van der Waals surface area (Å²) in [4.78, 5) is 17.0. The number of rotatable bonds is 4. The topological polar surface area (TPSA) is 94.0 Å². The molecule has 4 rings (SSSR count). The molecule has 2 aliphatic carbocycles. The Hall–Kier alpha value is -1.92. The van der Waals surface area contributed by atoms with E-state index in [1.165, 1.54) is 6.42 Å². The van der Waals surface area contributed by atoms with Gasteiger partial charge in [0.2, 0.25) is 5.91 Å². The fraction of sp³-hybridized carbons (Fsp3) is 0.550. The van der Waals surface area contributed by atoms with Crippen LogP contribution in [0.4, 0.5) is 5.69 Å². The highest BCUT2D eigenvalue weighted by molar-refractivity contribution is 5.93. The lowest BCUT2D eigenvalue weighted by atomic mass is 9.88. The lowest BCUT2D eigenvalue weighted by Gasteiger charge is -2.20. The molecule has 146 valence electrons. The number of amides is 1. The van der Waals surface area contributed by atoms with E-state index in [4.69, 9.17) is 10.3 Å². The molecule has 6 nitrogen and oxygen atoms in total. The van der Waals surface area contributed by atoms with Crippen LogP contribution in [0, 0.1) is 5.92 Å². The molecule has 3 N–H and O–H groups in total. The number of carbonyl (C=O) groups is 1. The zero-order valence-electron chi connectivity index (χ0n) is 15.4. The van der Waals surface area contributed by atoms with Gasteiger partial charge in [-0.05, 0) is 43.9 Å². The normalized spacial score (nSPS) is 19.4. The van der Waals surface area contributed by atoms with Gasteiger partial charge in [-0.25, -0.2) is 0 Å². The first-order chi connectivity index (χ1) is 12.6. The number of hydrogen-bond donors (Lipinski definition) is 2. The molecule has 2 aromatic rings. The van der Waals surface area contributed by atoms with Gasteiger partial charge in [0.25, 0.3) is 5.89 Å². The van der Waals surface area contributed by atoms with E-state index < -0.39 is 5.54 Å². The zero-order valence-corrected chi connectivity index (χ0v) is 16.3. The molecular weight excluding hydrogens is 364 g/mol. The average molecular weight is 391 g/mol. The van der Waals surface area contributed by atoms with Crippen LogP contribution in [-0.4, -0.2) is 16.0 Å². The number of aromatic nitrogens is 2. The van der Waals surface area contributed by atoms with E-state index in [0.717, 1.165) is 62.6 Å². The molecule has 1 aromatic carbocycles. The predicted molar refractivity (Wildman–Crippen MR) is 107 cm³/mol. The third-order valence-electron chi connectivity index (χ3n) is 5.72. The minimum absolute atomic E-state index is 0. The van der Waals surface area contributed by atoms with E-state index in [2.05, 4.69) is 15.5 Å². The Morgan fingerprint density at radius 2 is 1.89 bits per heavy atom. The Kier molecular flexibility index (Phi) is 6.17. The molecule has 27 heavy (non-hydrogen) atoms. The fourth-order valence-electron chi connectivity index (χ4n) is 4.11. The van der Waals surface area contributed by atoms with Crippen molar-refractivity contribution in [2.45, 2.75) is 63.3 Å². The molecule has 2 fully saturated rings. The van der Waals surface area contributed by atoms with E-state index >= 15 is 0 Å². The number of benzene rings is 1. The average Bonchev–Trinajstić information content (AvgIpc) is 3.33. The third-order valence-corrected chi connectivity index (χ3v) is 5.72. The molecule has 0 spiro atoms. The van der Waals surface area contributed by atoms with Crippen LogP contribution in [0.5, 0.6) is 0 Å². The highest BCUT2D eigenvalue weighted by Gasteiger charge is 2.36. The molecule has 1 aromatic heterocycles. The second-order valence-electron chi connectivity index (χ2n) is 7.69. The summed E-state index contributed by atoms with van der Waals surface area (Å²) in [6, 6.07) is 7.58. The maximum atomic E-state index is 12.5. The smallest absolute Gasteiger partial charge is 0.258 e. The van der Waals surface area contributed by atoms with Gasteiger partial charge in [0.15, 0.2) is 5.82 Å². The molecule has 7 heteroatoms. The molecule has 2 aliphatic rings. The van der Waals surface area contributed by atoms with Crippen LogP contribution in [0.25, 0.3) is 11.5 Å². The van der Waals surface area contributed by atoms with E-state index in [0.29, 0.717) is 11.7 Å². The Labute approximate surface area is 165 Å². The second-order valence-corrected chi connectivity index (χ2v) is 7.69. The van der Waals surface area contributed by atoms with Crippen molar-refractivity contribution in [1.82, 2.24) is 10.1 Å². The molecule has 0 radical (unpaired) electrons. The number of nitrogens with zero attached hydrogens (tertiary/aromatic N) is 2. The highest BCUT2D eigenvalue weighted by atomic mass is 35.5. The van der Waals surface area contributed by atoms with Crippen LogP contribution < -0.4 is 11.1 Å². The number of hydrogen-bond acceptors (Lipinski definition) is 5. The Morgan fingerprint density at radius 3 is 2.63 bits per heavy atom. The zero-order chi connectivity index (χ0) is 18.0.